The molecule has 0 saturated carbocycles. The molecule has 150 valence electrons. The van der Waals surface area contributed by atoms with Crippen LogP contribution in [0.5, 0.6) is 0 Å². The van der Waals surface area contributed by atoms with Crippen LogP contribution in [0.25, 0.3) is 0 Å². The number of primary amides is 1. The molecule has 0 bridgehead atoms. The van der Waals surface area contributed by atoms with Gasteiger partial charge in [0, 0.05) is 24.5 Å². The number of carbonyl (C=O) groups excluding carboxylic acids is 2. The average molecular weight is 383 g/mol. The van der Waals surface area contributed by atoms with Crippen molar-refractivity contribution in [3.8, 4) is 0 Å². The second-order valence-electron chi connectivity index (χ2n) is 7.00. The van der Waals surface area contributed by atoms with Crippen LogP contribution < -0.4 is 21.7 Å². The molecular formula is C22H30N4O2. The standard InChI is InChI=1S/C22H30N4O2/c1-3-22(4-2,16-23)21(28)25-18-11-8-12-19(13-18)26(15-20(24)27)14-17-9-6-5-7-10-17/h5-13H,3-4,14-16,23H2,1-2H3,(H2,24,27)(H,25,28). The van der Waals surface area contributed by atoms with E-state index in [0.29, 0.717) is 31.6 Å². The molecule has 0 aliphatic heterocycles. The van der Waals surface area contributed by atoms with Crippen LogP contribution in [-0.2, 0) is 16.1 Å². The second-order valence-corrected chi connectivity index (χ2v) is 7.00. The van der Waals surface area contributed by atoms with Gasteiger partial charge in [-0.05, 0) is 36.6 Å². The van der Waals surface area contributed by atoms with E-state index in [2.05, 4.69) is 5.32 Å². The Morgan fingerprint density at radius 1 is 1.04 bits per heavy atom. The molecule has 28 heavy (non-hydrogen) atoms. The minimum Gasteiger partial charge on any atom is -0.368 e. The second kappa shape index (κ2) is 9.90. The smallest absolute Gasteiger partial charge is 0.236 e. The van der Waals surface area contributed by atoms with Gasteiger partial charge in [-0.1, -0.05) is 50.2 Å². The van der Waals surface area contributed by atoms with Crippen molar-refractivity contribution in [1.82, 2.24) is 0 Å². The largest absolute Gasteiger partial charge is 0.368 e. The summed E-state index contributed by atoms with van der Waals surface area (Å²) in [7, 11) is 0. The van der Waals surface area contributed by atoms with Gasteiger partial charge in [0.1, 0.15) is 0 Å². The van der Waals surface area contributed by atoms with Gasteiger partial charge in [0.05, 0.1) is 12.0 Å². The summed E-state index contributed by atoms with van der Waals surface area (Å²) in [6.07, 6.45) is 1.35. The summed E-state index contributed by atoms with van der Waals surface area (Å²) in [6.45, 7) is 4.87. The first-order valence-electron chi connectivity index (χ1n) is 9.63. The number of anilines is 2. The number of benzene rings is 2. The molecule has 2 rings (SSSR count). The first kappa shape index (κ1) is 21.4. The van der Waals surface area contributed by atoms with Crippen LogP contribution in [0.15, 0.2) is 54.6 Å². The fourth-order valence-electron chi connectivity index (χ4n) is 3.23. The zero-order chi connectivity index (χ0) is 20.6. The number of nitrogens with two attached hydrogens (primary N) is 2. The molecular weight excluding hydrogens is 352 g/mol. The summed E-state index contributed by atoms with van der Waals surface area (Å²) in [5.74, 6) is -0.494. The first-order chi connectivity index (χ1) is 13.4. The van der Waals surface area contributed by atoms with E-state index in [-0.39, 0.29) is 12.5 Å². The maximum absolute atomic E-state index is 12.8. The van der Waals surface area contributed by atoms with Crippen LogP contribution in [0.2, 0.25) is 0 Å². The van der Waals surface area contributed by atoms with Crippen LogP contribution in [0.4, 0.5) is 11.4 Å². The van der Waals surface area contributed by atoms with Crippen molar-refractivity contribution in [3.05, 3.63) is 60.2 Å². The van der Waals surface area contributed by atoms with Crippen LogP contribution in [0.3, 0.4) is 0 Å². The van der Waals surface area contributed by atoms with E-state index in [1.54, 1.807) is 0 Å². The molecule has 2 aromatic rings. The summed E-state index contributed by atoms with van der Waals surface area (Å²) >= 11 is 0. The molecule has 0 aliphatic rings. The lowest BCUT2D eigenvalue weighted by Crippen LogP contribution is -2.41. The molecule has 0 heterocycles. The Balaban J connectivity index is 2.25. The van der Waals surface area contributed by atoms with E-state index >= 15 is 0 Å². The zero-order valence-electron chi connectivity index (χ0n) is 16.7. The van der Waals surface area contributed by atoms with Gasteiger partial charge >= 0.3 is 0 Å². The first-order valence-corrected chi connectivity index (χ1v) is 9.63. The Morgan fingerprint density at radius 2 is 1.71 bits per heavy atom. The number of amides is 2. The van der Waals surface area contributed by atoms with E-state index < -0.39 is 11.3 Å². The number of carbonyl (C=O) groups is 2. The third-order valence-corrected chi connectivity index (χ3v) is 5.26. The highest BCUT2D eigenvalue weighted by Crippen LogP contribution is 2.28. The summed E-state index contributed by atoms with van der Waals surface area (Å²) in [4.78, 5) is 26.3. The maximum Gasteiger partial charge on any atom is 0.236 e. The monoisotopic (exact) mass is 382 g/mol. The maximum atomic E-state index is 12.8. The van der Waals surface area contributed by atoms with Crippen LogP contribution in [-0.4, -0.2) is 24.9 Å². The van der Waals surface area contributed by atoms with Crippen LogP contribution in [0, 0.1) is 5.41 Å². The predicted molar refractivity (Wildman–Crippen MR) is 114 cm³/mol. The zero-order valence-corrected chi connectivity index (χ0v) is 16.7. The Morgan fingerprint density at radius 3 is 2.29 bits per heavy atom. The lowest BCUT2D eigenvalue weighted by molar-refractivity contribution is -0.125. The molecule has 6 nitrogen and oxygen atoms in total. The van der Waals surface area contributed by atoms with Crippen molar-refractivity contribution in [1.29, 1.82) is 0 Å². The Hall–Kier alpha value is -2.86. The van der Waals surface area contributed by atoms with Gasteiger partial charge in [-0.3, -0.25) is 9.59 Å². The SMILES string of the molecule is CCC(CC)(CN)C(=O)Nc1cccc(N(CC(N)=O)Cc2ccccc2)c1. The number of nitrogens with one attached hydrogen (secondary N) is 1. The third kappa shape index (κ3) is 5.33. The minimum atomic E-state index is -0.576. The number of hydrogen-bond acceptors (Lipinski definition) is 4. The van der Waals surface area contributed by atoms with E-state index in [1.165, 1.54) is 0 Å². The molecule has 2 aromatic carbocycles. The molecule has 5 N–H and O–H groups in total. The van der Waals surface area contributed by atoms with Crippen molar-refractivity contribution in [2.45, 2.75) is 33.2 Å². The number of hydrogen-bond donors (Lipinski definition) is 3. The molecule has 0 saturated heterocycles. The van der Waals surface area contributed by atoms with Crippen molar-refractivity contribution >= 4 is 23.2 Å². The summed E-state index contributed by atoms with van der Waals surface area (Å²) in [5.41, 5.74) is 13.3. The quantitative estimate of drug-likeness (QED) is 0.588. The fraction of sp³-hybridized carbons (Fsp3) is 0.364. The fourth-order valence-corrected chi connectivity index (χ4v) is 3.23. The summed E-state index contributed by atoms with van der Waals surface area (Å²) in [6, 6.07) is 17.3. The van der Waals surface area contributed by atoms with Gasteiger partial charge in [0.15, 0.2) is 0 Å². The normalized spacial score (nSPS) is 11.1. The highest BCUT2D eigenvalue weighted by Gasteiger charge is 2.33. The van der Waals surface area contributed by atoms with Crippen LogP contribution in [0.1, 0.15) is 32.3 Å². The van der Waals surface area contributed by atoms with Crippen molar-refractivity contribution in [3.63, 3.8) is 0 Å². The lowest BCUT2D eigenvalue weighted by Gasteiger charge is -2.29. The lowest BCUT2D eigenvalue weighted by atomic mass is 9.81. The van der Waals surface area contributed by atoms with E-state index in [1.807, 2.05) is 73.3 Å². The summed E-state index contributed by atoms with van der Waals surface area (Å²) in [5, 5.41) is 2.99. The van der Waals surface area contributed by atoms with Gasteiger partial charge in [-0.2, -0.15) is 0 Å². The van der Waals surface area contributed by atoms with Gasteiger partial charge in [0.25, 0.3) is 0 Å². The van der Waals surface area contributed by atoms with E-state index in [0.717, 1.165) is 11.3 Å². The van der Waals surface area contributed by atoms with Crippen molar-refractivity contribution in [2.24, 2.45) is 16.9 Å². The Kier molecular flexibility index (Phi) is 7.58. The van der Waals surface area contributed by atoms with Gasteiger partial charge in [-0.15, -0.1) is 0 Å². The molecule has 0 aromatic heterocycles. The van der Waals surface area contributed by atoms with Gasteiger partial charge in [-0.25, -0.2) is 0 Å². The number of nitrogens with zero attached hydrogens (tertiary/aromatic N) is 1. The minimum absolute atomic E-state index is 0.0818. The highest BCUT2D eigenvalue weighted by molar-refractivity contribution is 5.96. The Bertz CT molecular complexity index is 780. The molecule has 0 spiro atoms. The molecule has 0 unspecified atom stereocenters. The molecule has 0 aliphatic carbocycles. The predicted octanol–water partition coefficient (Wildman–Crippen LogP) is 2.88. The molecule has 2 amide bonds. The topological polar surface area (TPSA) is 101 Å². The summed E-state index contributed by atoms with van der Waals surface area (Å²) < 4.78 is 0. The Labute approximate surface area is 166 Å². The van der Waals surface area contributed by atoms with Crippen molar-refractivity contribution in [2.75, 3.05) is 23.3 Å². The molecule has 0 atom stereocenters. The van der Waals surface area contributed by atoms with E-state index in [9.17, 15) is 9.59 Å². The number of rotatable bonds is 10. The molecule has 0 fully saturated rings. The highest BCUT2D eigenvalue weighted by atomic mass is 16.2. The molecule has 0 radical (unpaired) electrons. The van der Waals surface area contributed by atoms with Gasteiger partial charge < -0.3 is 21.7 Å². The van der Waals surface area contributed by atoms with Crippen LogP contribution >= 0.6 is 0 Å². The van der Waals surface area contributed by atoms with Crippen molar-refractivity contribution < 1.29 is 9.59 Å². The van der Waals surface area contributed by atoms with Gasteiger partial charge in [0.2, 0.25) is 11.8 Å². The average Bonchev–Trinajstić information content (AvgIpc) is 2.70. The molecule has 6 heteroatoms. The van der Waals surface area contributed by atoms with E-state index in [4.69, 9.17) is 11.5 Å². The third-order valence-electron chi connectivity index (χ3n) is 5.26.